The minimum atomic E-state index is -4.76. The van der Waals surface area contributed by atoms with E-state index in [4.69, 9.17) is 9.84 Å². The van der Waals surface area contributed by atoms with E-state index >= 15 is 0 Å². The van der Waals surface area contributed by atoms with Crippen molar-refractivity contribution in [1.29, 1.82) is 0 Å². The fourth-order valence-corrected chi connectivity index (χ4v) is 1.84. The SMILES string of the molecule is O=C(O)c1cnc(Oc2ccc(OC(F)(F)F)cc2)s1. The Labute approximate surface area is 114 Å². The third kappa shape index (κ3) is 3.85. The molecule has 0 aliphatic carbocycles. The van der Waals surface area contributed by atoms with Crippen LogP contribution in [0.4, 0.5) is 13.2 Å². The number of alkyl halides is 3. The van der Waals surface area contributed by atoms with E-state index in [0.29, 0.717) is 0 Å². The Morgan fingerprint density at radius 2 is 1.80 bits per heavy atom. The average Bonchev–Trinajstić information content (AvgIpc) is 2.78. The van der Waals surface area contributed by atoms with Gasteiger partial charge >= 0.3 is 12.3 Å². The fourth-order valence-electron chi connectivity index (χ4n) is 1.21. The van der Waals surface area contributed by atoms with Crippen LogP contribution in [0.25, 0.3) is 0 Å². The molecular formula is C11H6F3NO4S. The number of hydrogen-bond donors (Lipinski definition) is 1. The number of ether oxygens (including phenoxy) is 2. The van der Waals surface area contributed by atoms with Gasteiger partial charge in [0.2, 0.25) is 0 Å². The number of aromatic carboxylic acids is 1. The molecule has 0 amide bonds. The van der Waals surface area contributed by atoms with Crippen molar-refractivity contribution < 1.29 is 32.5 Å². The van der Waals surface area contributed by atoms with Crippen LogP contribution in [0, 0.1) is 0 Å². The Morgan fingerprint density at radius 1 is 1.20 bits per heavy atom. The highest BCUT2D eigenvalue weighted by Crippen LogP contribution is 2.29. The van der Waals surface area contributed by atoms with Crippen molar-refractivity contribution >= 4 is 17.3 Å². The lowest BCUT2D eigenvalue weighted by Gasteiger charge is -2.09. The third-order valence-electron chi connectivity index (χ3n) is 1.96. The maximum atomic E-state index is 11.9. The number of aromatic nitrogens is 1. The van der Waals surface area contributed by atoms with Gasteiger partial charge in [-0.15, -0.1) is 13.2 Å². The Morgan fingerprint density at radius 3 is 2.30 bits per heavy atom. The number of hydrogen-bond acceptors (Lipinski definition) is 5. The van der Waals surface area contributed by atoms with Crippen molar-refractivity contribution in [2.45, 2.75) is 6.36 Å². The zero-order valence-corrected chi connectivity index (χ0v) is 10.4. The van der Waals surface area contributed by atoms with Gasteiger partial charge in [0.25, 0.3) is 5.19 Å². The number of benzene rings is 1. The van der Waals surface area contributed by atoms with Crippen molar-refractivity contribution in [2.24, 2.45) is 0 Å². The minimum absolute atomic E-state index is 0.00275. The number of carbonyl (C=O) groups is 1. The summed E-state index contributed by atoms with van der Waals surface area (Å²) in [7, 11) is 0. The van der Waals surface area contributed by atoms with Crippen molar-refractivity contribution in [3.05, 3.63) is 35.3 Å². The first-order valence-corrected chi connectivity index (χ1v) is 5.88. The van der Waals surface area contributed by atoms with Crippen LogP contribution in [-0.4, -0.2) is 22.4 Å². The van der Waals surface area contributed by atoms with Gasteiger partial charge in [0.15, 0.2) is 0 Å². The third-order valence-corrected chi connectivity index (χ3v) is 2.82. The van der Waals surface area contributed by atoms with E-state index in [-0.39, 0.29) is 21.6 Å². The van der Waals surface area contributed by atoms with Crippen LogP contribution < -0.4 is 9.47 Å². The molecule has 0 radical (unpaired) electrons. The summed E-state index contributed by atoms with van der Waals surface area (Å²) in [6.45, 7) is 0. The van der Waals surface area contributed by atoms with Gasteiger partial charge < -0.3 is 14.6 Å². The summed E-state index contributed by atoms with van der Waals surface area (Å²) in [5, 5.41) is 8.78. The normalized spacial score (nSPS) is 11.2. The fraction of sp³-hybridized carbons (Fsp3) is 0.0909. The van der Waals surface area contributed by atoms with Crippen molar-refractivity contribution in [2.75, 3.05) is 0 Å². The van der Waals surface area contributed by atoms with Crippen molar-refractivity contribution in [1.82, 2.24) is 4.98 Å². The lowest BCUT2D eigenvalue weighted by molar-refractivity contribution is -0.274. The molecule has 2 rings (SSSR count). The van der Waals surface area contributed by atoms with E-state index in [2.05, 4.69) is 9.72 Å². The summed E-state index contributed by atoms with van der Waals surface area (Å²) in [5.41, 5.74) is 0. The van der Waals surface area contributed by atoms with Crippen LogP contribution in [-0.2, 0) is 0 Å². The summed E-state index contributed by atoms with van der Waals surface area (Å²) < 4.78 is 44.7. The molecule has 1 N–H and O–H groups in total. The standard InChI is InChI=1S/C11H6F3NO4S/c12-11(13,14)19-7-3-1-6(2-4-7)18-10-15-5-8(20-10)9(16)17/h1-5H,(H,16,17). The first-order chi connectivity index (χ1) is 9.33. The number of rotatable bonds is 4. The molecule has 2 aromatic rings. The maximum absolute atomic E-state index is 11.9. The second-order valence-corrected chi connectivity index (χ2v) is 4.41. The molecule has 1 aromatic carbocycles. The molecule has 0 spiro atoms. The zero-order valence-electron chi connectivity index (χ0n) is 9.55. The van der Waals surface area contributed by atoms with Gasteiger partial charge in [0.05, 0.1) is 6.20 Å². The molecule has 106 valence electrons. The molecule has 9 heteroatoms. The summed E-state index contributed by atoms with van der Waals surface area (Å²) in [6.07, 6.45) is -3.63. The number of carboxylic acids is 1. The monoisotopic (exact) mass is 305 g/mol. The first kappa shape index (κ1) is 14.1. The van der Waals surface area contributed by atoms with Crippen LogP contribution in [0.1, 0.15) is 9.67 Å². The van der Waals surface area contributed by atoms with E-state index in [1.807, 2.05) is 0 Å². The van der Waals surface area contributed by atoms with Crippen molar-refractivity contribution in [3.63, 3.8) is 0 Å². The highest BCUT2D eigenvalue weighted by Gasteiger charge is 2.30. The molecule has 0 saturated carbocycles. The Bertz CT molecular complexity index is 609. The molecule has 5 nitrogen and oxygen atoms in total. The molecular weight excluding hydrogens is 299 g/mol. The highest BCUT2D eigenvalue weighted by atomic mass is 32.1. The van der Waals surface area contributed by atoms with E-state index in [1.54, 1.807) is 0 Å². The van der Waals surface area contributed by atoms with Crippen LogP contribution in [0.5, 0.6) is 16.7 Å². The molecule has 20 heavy (non-hydrogen) atoms. The van der Waals surface area contributed by atoms with Gasteiger partial charge in [-0.3, -0.25) is 0 Å². The predicted octanol–water partition coefficient (Wildman–Crippen LogP) is 3.53. The lowest BCUT2D eigenvalue weighted by Crippen LogP contribution is -2.16. The van der Waals surface area contributed by atoms with Gasteiger partial charge in [-0.2, -0.15) is 0 Å². The summed E-state index contributed by atoms with van der Waals surface area (Å²) in [5.74, 6) is -1.30. The number of halogens is 3. The number of carboxylic acid groups (broad SMARTS) is 1. The van der Waals surface area contributed by atoms with Crippen LogP contribution >= 0.6 is 11.3 Å². The van der Waals surface area contributed by atoms with Crippen LogP contribution in [0.2, 0.25) is 0 Å². The molecule has 1 heterocycles. The highest BCUT2D eigenvalue weighted by molar-refractivity contribution is 7.15. The van der Waals surface area contributed by atoms with Gasteiger partial charge in [0.1, 0.15) is 16.4 Å². The Kier molecular flexibility index (Phi) is 3.79. The molecule has 0 bridgehead atoms. The second kappa shape index (κ2) is 5.37. The van der Waals surface area contributed by atoms with E-state index in [9.17, 15) is 18.0 Å². The minimum Gasteiger partial charge on any atom is -0.477 e. The summed E-state index contributed by atoms with van der Waals surface area (Å²) >= 11 is 0.806. The molecule has 0 saturated heterocycles. The largest absolute Gasteiger partial charge is 0.573 e. The second-order valence-electron chi connectivity index (χ2n) is 3.42. The number of thiazole rings is 1. The predicted molar refractivity (Wildman–Crippen MR) is 62.3 cm³/mol. The quantitative estimate of drug-likeness (QED) is 0.935. The summed E-state index contributed by atoms with van der Waals surface area (Å²) in [4.78, 5) is 14.4. The lowest BCUT2D eigenvalue weighted by atomic mass is 10.3. The number of nitrogens with zero attached hydrogens (tertiary/aromatic N) is 1. The molecule has 0 aliphatic rings. The average molecular weight is 305 g/mol. The Hall–Kier alpha value is -2.29. The first-order valence-electron chi connectivity index (χ1n) is 5.06. The topological polar surface area (TPSA) is 68.7 Å². The van der Waals surface area contributed by atoms with Crippen LogP contribution in [0.15, 0.2) is 30.5 Å². The molecule has 0 fully saturated rings. The molecule has 0 unspecified atom stereocenters. The smallest absolute Gasteiger partial charge is 0.477 e. The van der Waals surface area contributed by atoms with E-state index in [0.717, 1.165) is 29.7 Å². The van der Waals surface area contributed by atoms with E-state index < -0.39 is 12.3 Å². The summed E-state index contributed by atoms with van der Waals surface area (Å²) in [6, 6.07) is 4.66. The zero-order chi connectivity index (χ0) is 14.8. The van der Waals surface area contributed by atoms with E-state index in [1.165, 1.54) is 12.1 Å². The molecule has 0 atom stereocenters. The van der Waals surface area contributed by atoms with Gasteiger partial charge in [0, 0.05) is 0 Å². The van der Waals surface area contributed by atoms with Gasteiger partial charge in [-0.05, 0) is 24.3 Å². The van der Waals surface area contributed by atoms with Crippen molar-refractivity contribution in [3.8, 4) is 16.7 Å². The van der Waals surface area contributed by atoms with Gasteiger partial charge in [-0.1, -0.05) is 11.3 Å². The van der Waals surface area contributed by atoms with Gasteiger partial charge in [-0.25, -0.2) is 9.78 Å². The Balaban J connectivity index is 2.04. The van der Waals surface area contributed by atoms with Crippen LogP contribution in [0.3, 0.4) is 0 Å². The molecule has 1 aromatic heterocycles. The maximum Gasteiger partial charge on any atom is 0.573 e. The molecule has 0 aliphatic heterocycles.